The molecule has 0 radical (unpaired) electrons. The van der Waals surface area contributed by atoms with E-state index in [0.717, 1.165) is 19.3 Å². The largest absolute Gasteiger partial charge is 0.328 e. The number of nitriles is 1. The summed E-state index contributed by atoms with van der Waals surface area (Å²) in [5, 5.41) is 8.59. The van der Waals surface area contributed by atoms with Crippen LogP contribution >= 0.6 is 0 Å². The van der Waals surface area contributed by atoms with Crippen LogP contribution < -0.4 is 11.5 Å². The zero-order valence-electron chi connectivity index (χ0n) is 5.96. The molecule has 3 nitrogen and oxygen atoms in total. The number of rotatable bonds is 0. The van der Waals surface area contributed by atoms with E-state index in [-0.39, 0.29) is 18.0 Å². The van der Waals surface area contributed by atoms with Crippen LogP contribution in [0.1, 0.15) is 19.3 Å². The fraction of sp³-hybridized carbons (Fsp3) is 0.857. The van der Waals surface area contributed by atoms with E-state index < -0.39 is 0 Å². The number of hydrogen-bond acceptors (Lipinski definition) is 3. The second-order valence-electron chi connectivity index (χ2n) is 2.97. The Kier molecular flexibility index (Phi) is 2.25. The fourth-order valence-electron chi connectivity index (χ4n) is 1.37. The van der Waals surface area contributed by atoms with E-state index in [1.165, 1.54) is 0 Å². The second-order valence-corrected chi connectivity index (χ2v) is 2.97. The molecule has 0 aromatic rings. The lowest BCUT2D eigenvalue weighted by Gasteiger charge is -2.27. The Morgan fingerprint density at radius 1 is 1.30 bits per heavy atom. The summed E-state index contributed by atoms with van der Waals surface area (Å²) in [5.74, 6) is -0.0104. The van der Waals surface area contributed by atoms with Crippen molar-refractivity contribution in [3.8, 4) is 6.07 Å². The molecule has 10 heavy (non-hydrogen) atoms. The van der Waals surface area contributed by atoms with E-state index >= 15 is 0 Å². The van der Waals surface area contributed by atoms with Gasteiger partial charge < -0.3 is 11.5 Å². The maximum absolute atomic E-state index is 8.59. The average molecular weight is 139 g/mol. The average Bonchev–Trinajstić information content (AvgIpc) is 1.94. The van der Waals surface area contributed by atoms with Crippen molar-refractivity contribution in [2.24, 2.45) is 17.4 Å². The minimum atomic E-state index is -0.0104. The summed E-state index contributed by atoms with van der Waals surface area (Å²) in [7, 11) is 0. The van der Waals surface area contributed by atoms with Crippen LogP contribution in [0, 0.1) is 17.2 Å². The second kappa shape index (κ2) is 3.00. The number of hydrogen-bond donors (Lipinski definition) is 2. The first kappa shape index (κ1) is 7.52. The third-order valence-electron chi connectivity index (χ3n) is 2.11. The van der Waals surface area contributed by atoms with Crippen molar-refractivity contribution < 1.29 is 0 Å². The van der Waals surface area contributed by atoms with Crippen LogP contribution in [-0.4, -0.2) is 12.1 Å². The van der Waals surface area contributed by atoms with Crippen LogP contribution in [0.2, 0.25) is 0 Å². The highest BCUT2D eigenvalue weighted by molar-refractivity contribution is 4.96. The highest BCUT2D eigenvalue weighted by Crippen LogP contribution is 2.21. The van der Waals surface area contributed by atoms with Crippen molar-refractivity contribution in [2.75, 3.05) is 0 Å². The van der Waals surface area contributed by atoms with Gasteiger partial charge in [0.2, 0.25) is 0 Å². The lowest BCUT2D eigenvalue weighted by atomic mass is 9.83. The number of nitrogens with zero attached hydrogens (tertiary/aromatic N) is 1. The lowest BCUT2D eigenvalue weighted by Crippen LogP contribution is -2.40. The molecule has 0 aliphatic heterocycles. The van der Waals surface area contributed by atoms with E-state index in [1.807, 2.05) is 0 Å². The molecule has 0 amide bonds. The molecule has 0 saturated heterocycles. The molecule has 1 aliphatic carbocycles. The number of nitrogens with two attached hydrogens (primary N) is 2. The minimum absolute atomic E-state index is 0.0104. The van der Waals surface area contributed by atoms with Crippen molar-refractivity contribution in [1.82, 2.24) is 0 Å². The predicted molar refractivity (Wildman–Crippen MR) is 38.9 cm³/mol. The van der Waals surface area contributed by atoms with Crippen LogP contribution in [0.25, 0.3) is 0 Å². The molecule has 1 aliphatic rings. The molecule has 0 spiro atoms. The Hall–Kier alpha value is -0.590. The molecule has 3 heteroatoms. The van der Waals surface area contributed by atoms with Gasteiger partial charge in [0.15, 0.2) is 0 Å². The van der Waals surface area contributed by atoms with E-state index in [2.05, 4.69) is 6.07 Å². The van der Waals surface area contributed by atoms with Gasteiger partial charge in [-0.05, 0) is 19.3 Å². The molecular weight excluding hydrogens is 126 g/mol. The molecule has 1 rings (SSSR count). The van der Waals surface area contributed by atoms with Crippen LogP contribution in [0.5, 0.6) is 0 Å². The Bertz CT molecular complexity index is 149. The highest BCUT2D eigenvalue weighted by atomic mass is 14.7. The first-order valence-corrected chi connectivity index (χ1v) is 3.65. The molecule has 1 saturated carbocycles. The molecule has 0 heterocycles. The Morgan fingerprint density at radius 3 is 2.50 bits per heavy atom. The highest BCUT2D eigenvalue weighted by Gasteiger charge is 2.25. The van der Waals surface area contributed by atoms with Gasteiger partial charge in [-0.15, -0.1) is 0 Å². The van der Waals surface area contributed by atoms with Crippen LogP contribution in [0.3, 0.4) is 0 Å². The maximum Gasteiger partial charge on any atom is 0.0672 e. The van der Waals surface area contributed by atoms with Crippen LogP contribution in [-0.2, 0) is 0 Å². The molecule has 0 aromatic heterocycles. The maximum atomic E-state index is 8.59. The minimum Gasteiger partial charge on any atom is -0.328 e. The van der Waals surface area contributed by atoms with Gasteiger partial charge in [-0.2, -0.15) is 5.26 Å². The first-order valence-electron chi connectivity index (χ1n) is 3.65. The molecule has 0 aromatic carbocycles. The van der Waals surface area contributed by atoms with Gasteiger partial charge in [-0.1, -0.05) is 0 Å². The van der Waals surface area contributed by atoms with Crippen molar-refractivity contribution in [3.63, 3.8) is 0 Å². The third kappa shape index (κ3) is 1.47. The van der Waals surface area contributed by atoms with E-state index in [9.17, 15) is 0 Å². The van der Waals surface area contributed by atoms with Crippen molar-refractivity contribution in [2.45, 2.75) is 31.3 Å². The smallest absolute Gasteiger partial charge is 0.0672 e. The summed E-state index contributed by atoms with van der Waals surface area (Å²) in [6.45, 7) is 0. The summed E-state index contributed by atoms with van der Waals surface area (Å²) in [6, 6.07) is 2.44. The molecule has 0 bridgehead atoms. The summed E-state index contributed by atoms with van der Waals surface area (Å²) in [6.07, 6.45) is 2.65. The molecule has 3 atom stereocenters. The zero-order valence-corrected chi connectivity index (χ0v) is 5.96. The van der Waals surface area contributed by atoms with Gasteiger partial charge in [0.05, 0.1) is 12.0 Å². The summed E-state index contributed by atoms with van der Waals surface area (Å²) >= 11 is 0. The first-order chi connectivity index (χ1) is 4.74. The van der Waals surface area contributed by atoms with Crippen molar-refractivity contribution in [3.05, 3.63) is 0 Å². The normalized spacial score (nSPS) is 40.7. The molecule has 56 valence electrons. The monoisotopic (exact) mass is 139 g/mol. The Morgan fingerprint density at radius 2 is 2.00 bits per heavy atom. The molecule has 3 unspecified atom stereocenters. The van der Waals surface area contributed by atoms with Crippen molar-refractivity contribution >= 4 is 0 Å². The summed E-state index contributed by atoms with van der Waals surface area (Å²) in [5.41, 5.74) is 11.3. The molecular formula is C7H13N3. The van der Waals surface area contributed by atoms with Gasteiger partial charge in [0.1, 0.15) is 0 Å². The standard InChI is InChI=1S/C7H13N3/c8-4-5-3-6(9)1-2-7(5)10/h5-7H,1-3,9-10H2. The SMILES string of the molecule is N#CC1CC(N)CCC1N. The van der Waals surface area contributed by atoms with Crippen molar-refractivity contribution in [1.29, 1.82) is 5.26 Å². The zero-order chi connectivity index (χ0) is 7.56. The van der Waals surface area contributed by atoms with Gasteiger partial charge in [-0.3, -0.25) is 0 Å². The molecule has 4 N–H and O–H groups in total. The third-order valence-corrected chi connectivity index (χ3v) is 2.11. The lowest BCUT2D eigenvalue weighted by molar-refractivity contribution is 0.332. The summed E-state index contributed by atoms with van der Waals surface area (Å²) < 4.78 is 0. The van der Waals surface area contributed by atoms with Gasteiger partial charge in [-0.25, -0.2) is 0 Å². The van der Waals surface area contributed by atoms with Crippen LogP contribution in [0.15, 0.2) is 0 Å². The van der Waals surface area contributed by atoms with E-state index in [1.54, 1.807) is 0 Å². The van der Waals surface area contributed by atoms with E-state index in [0.29, 0.717) is 0 Å². The van der Waals surface area contributed by atoms with Crippen LogP contribution in [0.4, 0.5) is 0 Å². The van der Waals surface area contributed by atoms with Gasteiger partial charge in [0, 0.05) is 12.1 Å². The molecule has 1 fully saturated rings. The Balaban J connectivity index is 2.47. The summed E-state index contributed by atoms with van der Waals surface area (Å²) in [4.78, 5) is 0. The van der Waals surface area contributed by atoms with E-state index in [4.69, 9.17) is 16.7 Å². The predicted octanol–water partition coefficient (Wildman–Crippen LogP) is -0.0353. The fourth-order valence-corrected chi connectivity index (χ4v) is 1.37. The van der Waals surface area contributed by atoms with Gasteiger partial charge in [0.25, 0.3) is 0 Å². The Labute approximate surface area is 61.0 Å². The van der Waals surface area contributed by atoms with Gasteiger partial charge >= 0.3 is 0 Å². The quantitative estimate of drug-likeness (QED) is 0.494. The topological polar surface area (TPSA) is 75.8 Å².